The van der Waals surface area contributed by atoms with Gasteiger partial charge in [0.15, 0.2) is 0 Å². The lowest BCUT2D eigenvalue weighted by Crippen LogP contribution is -2.25. The molecule has 4 nitrogen and oxygen atoms in total. The molecule has 3 rings (SSSR count). The van der Waals surface area contributed by atoms with Crippen LogP contribution < -0.4 is 10.2 Å². The predicted molar refractivity (Wildman–Crippen MR) is 100 cm³/mol. The third kappa shape index (κ3) is 4.60. The van der Waals surface area contributed by atoms with Gasteiger partial charge in [-0.3, -0.25) is 9.59 Å². The summed E-state index contributed by atoms with van der Waals surface area (Å²) in [5.41, 5.74) is 2.68. The molecule has 0 aromatic heterocycles. The lowest BCUT2D eigenvalue weighted by Gasteiger charge is -2.15. The largest absolute Gasteiger partial charge is 0.352 e. The number of amides is 2. The van der Waals surface area contributed by atoms with Crippen molar-refractivity contribution in [3.8, 4) is 0 Å². The molecule has 0 unspecified atom stereocenters. The average Bonchev–Trinajstić information content (AvgIpc) is 3.06. The molecule has 2 amide bonds. The van der Waals surface area contributed by atoms with E-state index < -0.39 is 0 Å². The number of carbonyl (C=O) groups is 2. The van der Waals surface area contributed by atoms with Crippen LogP contribution in [0.15, 0.2) is 48.5 Å². The molecule has 130 valence electrons. The van der Waals surface area contributed by atoms with Gasteiger partial charge in [-0.1, -0.05) is 23.7 Å². The van der Waals surface area contributed by atoms with E-state index in [2.05, 4.69) is 5.32 Å². The van der Waals surface area contributed by atoms with E-state index in [4.69, 9.17) is 11.6 Å². The van der Waals surface area contributed by atoms with E-state index >= 15 is 0 Å². The number of hydrogen-bond acceptors (Lipinski definition) is 2. The van der Waals surface area contributed by atoms with Gasteiger partial charge in [-0.2, -0.15) is 0 Å². The number of nitrogens with zero attached hydrogens (tertiary/aromatic N) is 1. The van der Waals surface area contributed by atoms with Gasteiger partial charge in [0.25, 0.3) is 5.91 Å². The van der Waals surface area contributed by atoms with Crippen LogP contribution in [-0.2, 0) is 11.2 Å². The zero-order chi connectivity index (χ0) is 17.6. The van der Waals surface area contributed by atoms with Crippen molar-refractivity contribution in [2.75, 3.05) is 18.0 Å². The fourth-order valence-corrected chi connectivity index (χ4v) is 3.09. The van der Waals surface area contributed by atoms with Crippen molar-refractivity contribution < 1.29 is 9.59 Å². The zero-order valence-electron chi connectivity index (χ0n) is 14.0. The van der Waals surface area contributed by atoms with E-state index in [1.807, 2.05) is 36.4 Å². The van der Waals surface area contributed by atoms with Crippen molar-refractivity contribution in [3.63, 3.8) is 0 Å². The minimum Gasteiger partial charge on any atom is -0.352 e. The molecular weight excluding hydrogens is 336 g/mol. The highest BCUT2D eigenvalue weighted by atomic mass is 35.5. The average molecular weight is 357 g/mol. The van der Waals surface area contributed by atoms with Crippen LogP contribution in [0.2, 0.25) is 5.02 Å². The summed E-state index contributed by atoms with van der Waals surface area (Å²) < 4.78 is 0. The summed E-state index contributed by atoms with van der Waals surface area (Å²) in [5, 5.41) is 3.67. The molecule has 0 saturated carbocycles. The van der Waals surface area contributed by atoms with Gasteiger partial charge < -0.3 is 10.2 Å². The molecule has 5 heteroatoms. The van der Waals surface area contributed by atoms with Crippen molar-refractivity contribution in [1.29, 1.82) is 0 Å². The zero-order valence-corrected chi connectivity index (χ0v) is 14.8. The molecular formula is C20H21ClN2O2. The number of anilines is 1. The molecule has 25 heavy (non-hydrogen) atoms. The Labute approximate surface area is 152 Å². The lowest BCUT2D eigenvalue weighted by atomic mass is 10.1. The van der Waals surface area contributed by atoms with Crippen LogP contribution in [-0.4, -0.2) is 24.9 Å². The van der Waals surface area contributed by atoms with E-state index in [9.17, 15) is 9.59 Å². The van der Waals surface area contributed by atoms with Gasteiger partial charge in [0.05, 0.1) is 0 Å². The predicted octanol–water partition coefficient (Wildman–Crippen LogP) is 3.83. The summed E-state index contributed by atoms with van der Waals surface area (Å²) in [6.07, 6.45) is 3.27. The molecule has 0 radical (unpaired) electrons. The van der Waals surface area contributed by atoms with Crippen LogP contribution in [0.25, 0.3) is 0 Å². The summed E-state index contributed by atoms with van der Waals surface area (Å²) in [4.78, 5) is 25.7. The Morgan fingerprint density at radius 3 is 2.44 bits per heavy atom. The van der Waals surface area contributed by atoms with Crippen LogP contribution in [0.4, 0.5) is 5.69 Å². The minimum absolute atomic E-state index is 0.0876. The fraction of sp³-hybridized carbons (Fsp3) is 0.300. The molecule has 0 aliphatic carbocycles. The van der Waals surface area contributed by atoms with Crippen molar-refractivity contribution in [3.05, 3.63) is 64.7 Å². The quantitative estimate of drug-likeness (QED) is 0.800. The molecule has 1 heterocycles. The molecule has 1 aliphatic rings. The summed E-state index contributed by atoms with van der Waals surface area (Å²) in [5.74, 6) is 0.0646. The second kappa shape index (κ2) is 8.17. The van der Waals surface area contributed by atoms with Crippen molar-refractivity contribution >= 4 is 29.1 Å². The summed E-state index contributed by atoms with van der Waals surface area (Å²) in [6.45, 7) is 1.38. The number of rotatable bonds is 6. The van der Waals surface area contributed by atoms with Crippen molar-refractivity contribution in [2.24, 2.45) is 0 Å². The molecule has 1 N–H and O–H groups in total. The van der Waals surface area contributed by atoms with E-state index in [0.717, 1.165) is 36.5 Å². The smallest absolute Gasteiger partial charge is 0.251 e. The highest BCUT2D eigenvalue weighted by Gasteiger charge is 2.21. The molecule has 1 fully saturated rings. The van der Waals surface area contributed by atoms with Gasteiger partial charge in [-0.05, 0) is 61.2 Å². The summed E-state index contributed by atoms with van der Waals surface area (Å²) in [7, 11) is 0. The maximum Gasteiger partial charge on any atom is 0.251 e. The van der Waals surface area contributed by atoms with Crippen LogP contribution in [0.5, 0.6) is 0 Å². The van der Waals surface area contributed by atoms with E-state index in [1.165, 1.54) is 5.56 Å². The number of halogens is 1. The topological polar surface area (TPSA) is 49.4 Å². The minimum atomic E-state index is -0.0876. The Balaban J connectivity index is 1.46. The van der Waals surface area contributed by atoms with Crippen LogP contribution in [0, 0.1) is 0 Å². The second-order valence-corrected chi connectivity index (χ2v) is 6.62. The van der Waals surface area contributed by atoms with Gasteiger partial charge in [-0.15, -0.1) is 0 Å². The van der Waals surface area contributed by atoms with Gasteiger partial charge >= 0.3 is 0 Å². The maximum atomic E-state index is 12.2. The highest BCUT2D eigenvalue weighted by Crippen LogP contribution is 2.21. The SMILES string of the molecule is O=C(NCCCc1ccc(Cl)cc1)c1ccc(N2CCCC2=O)cc1. The first kappa shape index (κ1) is 17.5. The van der Waals surface area contributed by atoms with Crippen LogP contribution in [0.3, 0.4) is 0 Å². The van der Waals surface area contributed by atoms with E-state index in [1.54, 1.807) is 17.0 Å². The van der Waals surface area contributed by atoms with Gasteiger partial charge in [0.2, 0.25) is 5.91 Å². The monoisotopic (exact) mass is 356 g/mol. The summed E-state index contributed by atoms with van der Waals surface area (Å²) in [6, 6.07) is 15.0. The third-order valence-electron chi connectivity index (χ3n) is 4.36. The Bertz CT molecular complexity index is 741. The first-order chi connectivity index (χ1) is 12.1. The molecule has 2 aromatic carbocycles. The normalized spacial score (nSPS) is 14.0. The number of hydrogen-bond donors (Lipinski definition) is 1. The van der Waals surface area contributed by atoms with Gasteiger partial charge in [0.1, 0.15) is 0 Å². The highest BCUT2D eigenvalue weighted by molar-refractivity contribution is 6.30. The second-order valence-electron chi connectivity index (χ2n) is 6.18. The van der Waals surface area contributed by atoms with Gasteiger partial charge in [-0.25, -0.2) is 0 Å². The van der Waals surface area contributed by atoms with Crippen molar-refractivity contribution in [2.45, 2.75) is 25.7 Å². The van der Waals surface area contributed by atoms with Crippen LogP contribution >= 0.6 is 11.6 Å². The number of benzene rings is 2. The summed E-state index contributed by atoms with van der Waals surface area (Å²) >= 11 is 5.86. The van der Waals surface area contributed by atoms with Crippen LogP contribution in [0.1, 0.15) is 35.2 Å². The first-order valence-electron chi connectivity index (χ1n) is 8.56. The third-order valence-corrected chi connectivity index (χ3v) is 4.61. The van der Waals surface area contributed by atoms with E-state index in [0.29, 0.717) is 18.5 Å². The Morgan fingerprint density at radius 2 is 1.80 bits per heavy atom. The van der Waals surface area contributed by atoms with Gasteiger partial charge in [0, 0.05) is 35.8 Å². The Morgan fingerprint density at radius 1 is 1.08 bits per heavy atom. The maximum absolute atomic E-state index is 12.2. The molecule has 1 aliphatic heterocycles. The fourth-order valence-electron chi connectivity index (χ4n) is 2.96. The number of nitrogens with one attached hydrogen (secondary N) is 1. The molecule has 1 saturated heterocycles. The lowest BCUT2D eigenvalue weighted by molar-refractivity contribution is -0.117. The Hall–Kier alpha value is -2.33. The van der Waals surface area contributed by atoms with E-state index in [-0.39, 0.29) is 11.8 Å². The number of aryl methyl sites for hydroxylation is 1. The molecule has 0 atom stereocenters. The molecule has 0 spiro atoms. The first-order valence-corrected chi connectivity index (χ1v) is 8.94. The standard InChI is InChI=1S/C20H21ClN2O2/c21-17-9-5-15(6-10-17)3-1-13-22-20(25)16-7-11-18(12-8-16)23-14-2-4-19(23)24/h5-12H,1-4,13-14H2,(H,22,25). The Kier molecular flexibility index (Phi) is 5.71. The molecule has 0 bridgehead atoms. The number of carbonyl (C=O) groups excluding carboxylic acids is 2. The van der Waals surface area contributed by atoms with Crippen molar-refractivity contribution in [1.82, 2.24) is 5.32 Å². The molecule has 2 aromatic rings.